The first-order chi connectivity index (χ1) is 8.65. The van der Waals surface area contributed by atoms with Gasteiger partial charge < -0.3 is 15.0 Å². The summed E-state index contributed by atoms with van der Waals surface area (Å²) in [4.78, 5) is 23.0. The Kier molecular flexibility index (Phi) is 4.02. The van der Waals surface area contributed by atoms with E-state index in [0.717, 1.165) is 6.42 Å². The van der Waals surface area contributed by atoms with Gasteiger partial charge in [-0.05, 0) is 18.4 Å². The number of aromatic nitrogens is 1. The van der Waals surface area contributed by atoms with E-state index >= 15 is 0 Å². The number of hydrogen-bond donors (Lipinski definition) is 1. The highest BCUT2D eigenvalue weighted by molar-refractivity contribution is 5.69. The molecule has 0 unspecified atom stereocenters. The van der Waals surface area contributed by atoms with E-state index < -0.39 is 0 Å². The Labute approximate surface area is 106 Å². The Balaban J connectivity index is 1.79. The minimum atomic E-state index is -0.387. The fourth-order valence-electron chi connectivity index (χ4n) is 1.98. The number of pyridine rings is 1. The Morgan fingerprint density at radius 3 is 2.89 bits per heavy atom. The number of nitrogen functional groups attached to an aromatic ring is 1. The predicted molar refractivity (Wildman–Crippen MR) is 68.0 cm³/mol. The van der Waals surface area contributed by atoms with Gasteiger partial charge in [-0.25, -0.2) is 0 Å². The maximum Gasteiger partial charge on any atom is 0.326 e. The fraction of sp³-hybridized carbons (Fsp3) is 0.538. The molecule has 18 heavy (non-hydrogen) atoms. The summed E-state index contributed by atoms with van der Waals surface area (Å²) in [5, 5.41) is 0. The van der Waals surface area contributed by atoms with Crippen molar-refractivity contribution in [3.8, 4) is 0 Å². The second-order valence-electron chi connectivity index (χ2n) is 4.73. The molecule has 5 nitrogen and oxygen atoms in total. The smallest absolute Gasteiger partial charge is 0.326 e. The highest BCUT2D eigenvalue weighted by atomic mass is 16.5. The molecule has 1 aromatic rings. The van der Waals surface area contributed by atoms with Gasteiger partial charge in [0.15, 0.2) is 0 Å². The van der Waals surface area contributed by atoms with Crippen LogP contribution in [-0.4, -0.2) is 17.1 Å². The van der Waals surface area contributed by atoms with Gasteiger partial charge in [0.25, 0.3) is 5.56 Å². The number of carbonyl (C=O) groups excluding carboxylic acids is 1. The molecule has 0 radical (unpaired) electrons. The van der Waals surface area contributed by atoms with Gasteiger partial charge in [-0.3, -0.25) is 9.59 Å². The lowest BCUT2D eigenvalue weighted by Crippen LogP contribution is -2.25. The van der Waals surface area contributed by atoms with Gasteiger partial charge in [0.1, 0.15) is 6.54 Å². The van der Waals surface area contributed by atoms with Crippen LogP contribution in [0.25, 0.3) is 0 Å². The molecule has 1 saturated carbocycles. The Hall–Kier alpha value is -1.78. The Morgan fingerprint density at radius 2 is 2.22 bits per heavy atom. The van der Waals surface area contributed by atoms with E-state index in [1.54, 1.807) is 0 Å². The van der Waals surface area contributed by atoms with Crippen LogP contribution in [-0.2, 0) is 16.1 Å². The van der Waals surface area contributed by atoms with Gasteiger partial charge in [-0.2, -0.15) is 0 Å². The van der Waals surface area contributed by atoms with E-state index in [4.69, 9.17) is 10.5 Å². The number of ether oxygens (including phenoxy) is 1. The molecule has 1 aliphatic rings. The summed E-state index contributed by atoms with van der Waals surface area (Å²) in [7, 11) is 0. The van der Waals surface area contributed by atoms with Crippen LogP contribution in [0.3, 0.4) is 0 Å². The van der Waals surface area contributed by atoms with E-state index in [9.17, 15) is 9.59 Å². The molecular weight excluding hydrogens is 232 g/mol. The molecule has 0 bridgehead atoms. The zero-order chi connectivity index (χ0) is 13.0. The summed E-state index contributed by atoms with van der Waals surface area (Å²) in [5.41, 5.74) is 5.76. The van der Waals surface area contributed by atoms with Crippen LogP contribution in [0.15, 0.2) is 23.1 Å². The number of carbonyl (C=O) groups is 1. The van der Waals surface area contributed by atoms with Crippen molar-refractivity contribution in [1.82, 2.24) is 4.57 Å². The number of hydrogen-bond acceptors (Lipinski definition) is 4. The first kappa shape index (κ1) is 12.7. The highest BCUT2D eigenvalue weighted by Crippen LogP contribution is 2.29. The van der Waals surface area contributed by atoms with Crippen molar-refractivity contribution < 1.29 is 9.53 Å². The minimum Gasteiger partial charge on any atom is -0.464 e. The van der Waals surface area contributed by atoms with E-state index in [1.165, 1.54) is 42.2 Å². The normalized spacial score (nSPS) is 15.1. The maximum atomic E-state index is 11.5. The van der Waals surface area contributed by atoms with Crippen molar-refractivity contribution in [2.45, 2.75) is 32.2 Å². The third-order valence-electron chi connectivity index (χ3n) is 3.32. The molecule has 1 aromatic heterocycles. The van der Waals surface area contributed by atoms with Gasteiger partial charge in [0.2, 0.25) is 0 Å². The van der Waals surface area contributed by atoms with Gasteiger partial charge in [0, 0.05) is 18.0 Å². The van der Waals surface area contributed by atoms with E-state index in [1.807, 2.05) is 0 Å². The lowest BCUT2D eigenvalue weighted by molar-refractivity contribution is -0.144. The molecule has 98 valence electrons. The lowest BCUT2D eigenvalue weighted by atomic mass is 9.83. The maximum absolute atomic E-state index is 11.5. The molecule has 0 saturated heterocycles. The Morgan fingerprint density at radius 1 is 1.44 bits per heavy atom. The summed E-state index contributed by atoms with van der Waals surface area (Å²) in [6.07, 6.45) is 6.16. The second-order valence-corrected chi connectivity index (χ2v) is 4.73. The standard InChI is InChI=1S/C13H18N2O3/c14-11-4-5-12(16)15(8-11)9-13(17)18-7-6-10-2-1-3-10/h4-5,8,10H,1-3,6-7,9,14H2. The molecule has 0 aromatic carbocycles. The van der Waals surface area contributed by atoms with Gasteiger partial charge in [0.05, 0.1) is 6.61 Å². The van der Waals surface area contributed by atoms with Crippen LogP contribution in [0.2, 0.25) is 0 Å². The molecule has 2 rings (SSSR count). The van der Waals surface area contributed by atoms with Crippen molar-refractivity contribution >= 4 is 11.7 Å². The molecule has 1 heterocycles. The number of esters is 1. The predicted octanol–water partition coefficient (Wildman–Crippen LogP) is 1.16. The van der Waals surface area contributed by atoms with Crippen molar-refractivity contribution in [2.75, 3.05) is 12.3 Å². The van der Waals surface area contributed by atoms with E-state index in [-0.39, 0.29) is 18.1 Å². The summed E-state index contributed by atoms with van der Waals surface area (Å²) in [6, 6.07) is 2.86. The van der Waals surface area contributed by atoms with Crippen molar-refractivity contribution in [3.63, 3.8) is 0 Å². The van der Waals surface area contributed by atoms with Crippen LogP contribution >= 0.6 is 0 Å². The summed E-state index contributed by atoms with van der Waals surface area (Å²) < 4.78 is 6.37. The molecule has 0 atom stereocenters. The summed E-state index contributed by atoms with van der Waals surface area (Å²) in [6.45, 7) is 0.370. The zero-order valence-electron chi connectivity index (χ0n) is 10.3. The summed E-state index contributed by atoms with van der Waals surface area (Å²) >= 11 is 0. The molecule has 0 aliphatic heterocycles. The molecule has 1 fully saturated rings. The molecular formula is C13H18N2O3. The zero-order valence-corrected chi connectivity index (χ0v) is 10.3. The van der Waals surface area contributed by atoms with Crippen LogP contribution in [0.4, 0.5) is 5.69 Å². The molecule has 1 aliphatic carbocycles. The quantitative estimate of drug-likeness (QED) is 0.796. The third-order valence-corrected chi connectivity index (χ3v) is 3.32. The Bertz CT molecular complexity index is 477. The van der Waals surface area contributed by atoms with Crippen molar-refractivity contribution in [1.29, 1.82) is 0 Å². The highest BCUT2D eigenvalue weighted by Gasteiger charge is 2.17. The van der Waals surface area contributed by atoms with Crippen molar-refractivity contribution in [2.24, 2.45) is 5.92 Å². The number of rotatable bonds is 5. The molecule has 0 spiro atoms. The van der Waals surface area contributed by atoms with Gasteiger partial charge >= 0.3 is 5.97 Å². The molecule has 2 N–H and O–H groups in total. The molecule has 0 amide bonds. The third kappa shape index (κ3) is 3.35. The second kappa shape index (κ2) is 5.71. The number of anilines is 1. The topological polar surface area (TPSA) is 74.3 Å². The monoisotopic (exact) mass is 250 g/mol. The SMILES string of the molecule is Nc1ccc(=O)n(CC(=O)OCCC2CCC2)c1. The largest absolute Gasteiger partial charge is 0.464 e. The minimum absolute atomic E-state index is 0.0749. The average molecular weight is 250 g/mol. The first-order valence-corrected chi connectivity index (χ1v) is 6.27. The summed E-state index contributed by atoms with van der Waals surface area (Å²) in [5.74, 6) is 0.329. The first-order valence-electron chi connectivity index (χ1n) is 6.27. The number of nitrogens with two attached hydrogens (primary N) is 1. The van der Waals surface area contributed by atoms with Gasteiger partial charge in [-0.15, -0.1) is 0 Å². The van der Waals surface area contributed by atoms with Crippen LogP contribution in [0.5, 0.6) is 0 Å². The van der Waals surface area contributed by atoms with Crippen LogP contribution in [0.1, 0.15) is 25.7 Å². The molecule has 5 heteroatoms. The fourth-order valence-corrected chi connectivity index (χ4v) is 1.98. The number of nitrogens with zero attached hydrogens (tertiary/aromatic N) is 1. The lowest BCUT2D eigenvalue weighted by Gasteiger charge is -2.24. The van der Waals surface area contributed by atoms with Gasteiger partial charge in [-0.1, -0.05) is 19.3 Å². The van der Waals surface area contributed by atoms with Crippen LogP contribution in [0, 0.1) is 5.92 Å². The van der Waals surface area contributed by atoms with Crippen molar-refractivity contribution in [3.05, 3.63) is 28.7 Å². The van der Waals surface area contributed by atoms with E-state index in [2.05, 4.69) is 0 Å². The van der Waals surface area contributed by atoms with E-state index in [0.29, 0.717) is 18.2 Å². The average Bonchev–Trinajstić information content (AvgIpc) is 2.27. The van der Waals surface area contributed by atoms with Crippen LogP contribution < -0.4 is 11.3 Å².